The zero-order valence-corrected chi connectivity index (χ0v) is 10.5. The SMILES string of the molecule is CC(=CCN1CC(C)OC(C)(C)C1)C(=O)O. The molecule has 1 fully saturated rings. The second kappa shape index (κ2) is 4.97. The van der Waals surface area contributed by atoms with Crippen molar-refractivity contribution in [1.29, 1.82) is 0 Å². The molecule has 0 amide bonds. The Morgan fingerprint density at radius 2 is 2.25 bits per heavy atom. The zero-order chi connectivity index (χ0) is 12.3. The van der Waals surface area contributed by atoms with E-state index in [1.165, 1.54) is 0 Å². The number of carboxylic acids is 1. The Labute approximate surface area is 96.9 Å². The summed E-state index contributed by atoms with van der Waals surface area (Å²) in [4.78, 5) is 12.9. The molecule has 1 rings (SSSR count). The fourth-order valence-corrected chi connectivity index (χ4v) is 2.08. The van der Waals surface area contributed by atoms with Gasteiger partial charge >= 0.3 is 5.97 Å². The molecule has 0 aromatic carbocycles. The standard InChI is InChI=1S/C12H21NO3/c1-9(11(14)15)5-6-13-7-10(2)16-12(3,4)8-13/h5,10H,6-8H2,1-4H3,(H,14,15). The van der Waals surface area contributed by atoms with Gasteiger partial charge in [-0.15, -0.1) is 0 Å². The van der Waals surface area contributed by atoms with E-state index in [0.717, 1.165) is 13.1 Å². The average molecular weight is 227 g/mol. The minimum absolute atomic E-state index is 0.150. The lowest BCUT2D eigenvalue weighted by atomic mass is 10.1. The molecule has 0 saturated carbocycles. The number of hydrogen-bond donors (Lipinski definition) is 1. The summed E-state index contributed by atoms with van der Waals surface area (Å²) in [6.07, 6.45) is 1.96. The Bertz CT molecular complexity index is 297. The molecule has 0 aromatic heterocycles. The van der Waals surface area contributed by atoms with Gasteiger partial charge in [0.25, 0.3) is 0 Å². The highest BCUT2D eigenvalue weighted by Gasteiger charge is 2.30. The van der Waals surface area contributed by atoms with Crippen LogP contribution in [0.2, 0.25) is 0 Å². The van der Waals surface area contributed by atoms with Crippen LogP contribution in [0.15, 0.2) is 11.6 Å². The van der Waals surface area contributed by atoms with Crippen molar-refractivity contribution in [2.24, 2.45) is 0 Å². The zero-order valence-electron chi connectivity index (χ0n) is 10.5. The second-order valence-electron chi connectivity index (χ2n) is 5.07. The molecular weight excluding hydrogens is 206 g/mol. The van der Waals surface area contributed by atoms with Crippen LogP contribution in [0.4, 0.5) is 0 Å². The summed E-state index contributed by atoms with van der Waals surface area (Å²) in [6.45, 7) is 10.1. The van der Waals surface area contributed by atoms with E-state index in [9.17, 15) is 4.79 Å². The molecular formula is C12H21NO3. The van der Waals surface area contributed by atoms with Crippen LogP contribution in [-0.4, -0.2) is 47.3 Å². The van der Waals surface area contributed by atoms with E-state index < -0.39 is 5.97 Å². The molecule has 1 aliphatic rings. The summed E-state index contributed by atoms with van der Waals surface area (Å²) in [6, 6.07) is 0. The van der Waals surface area contributed by atoms with Crippen LogP contribution < -0.4 is 0 Å². The van der Waals surface area contributed by atoms with Gasteiger partial charge in [0.2, 0.25) is 0 Å². The van der Waals surface area contributed by atoms with E-state index >= 15 is 0 Å². The van der Waals surface area contributed by atoms with Crippen molar-refractivity contribution < 1.29 is 14.6 Å². The summed E-state index contributed by atoms with van der Waals surface area (Å²) in [7, 11) is 0. The second-order valence-corrected chi connectivity index (χ2v) is 5.07. The van der Waals surface area contributed by atoms with Gasteiger partial charge in [0.1, 0.15) is 0 Å². The summed E-state index contributed by atoms with van der Waals surface area (Å²) >= 11 is 0. The Morgan fingerprint density at radius 1 is 1.62 bits per heavy atom. The van der Waals surface area contributed by atoms with E-state index in [1.54, 1.807) is 13.0 Å². The third-order valence-electron chi connectivity index (χ3n) is 2.63. The highest BCUT2D eigenvalue weighted by Crippen LogP contribution is 2.20. The molecule has 4 heteroatoms. The van der Waals surface area contributed by atoms with Crippen molar-refractivity contribution in [3.05, 3.63) is 11.6 Å². The van der Waals surface area contributed by atoms with Crippen LogP contribution in [0.5, 0.6) is 0 Å². The highest BCUT2D eigenvalue weighted by molar-refractivity contribution is 5.85. The summed E-state index contributed by atoms with van der Waals surface area (Å²) in [5, 5.41) is 8.75. The first kappa shape index (κ1) is 13.2. The highest BCUT2D eigenvalue weighted by atomic mass is 16.5. The topological polar surface area (TPSA) is 49.8 Å². The molecule has 1 unspecified atom stereocenters. The molecule has 92 valence electrons. The van der Waals surface area contributed by atoms with Crippen LogP contribution in [0, 0.1) is 0 Å². The molecule has 4 nitrogen and oxygen atoms in total. The van der Waals surface area contributed by atoms with Crippen molar-refractivity contribution in [3.8, 4) is 0 Å². The molecule has 0 radical (unpaired) electrons. The molecule has 0 aliphatic carbocycles. The maximum Gasteiger partial charge on any atom is 0.330 e. The molecule has 16 heavy (non-hydrogen) atoms. The fraction of sp³-hybridized carbons (Fsp3) is 0.750. The van der Waals surface area contributed by atoms with Gasteiger partial charge in [-0.3, -0.25) is 4.90 Å². The van der Waals surface area contributed by atoms with Gasteiger partial charge in [-0.1, -0.05) is 6.08 Å². The number of carboxylic acid groups (broad SMARTS) is 1. The number of morpholine rings is 1. The van der Waals surface area contributed by atoms with Crippen LogP contribution in [0.1, 0.15) is 27.7 Å². The Kier molecular flexibility index (Phi) is 4.10. The van der Waals surface area contributed by atoms with E-state index in [0.29, 0.717) is 12.1 Å². The number of aliphatic carboxylic acids is 1. The minimum atomic E-state index is -0.847. The first-order chi connectivity index (χ1) is 7.30. The third kappa shape index (κ3) is 3.94. The largest absolute Gasteiger partial charge is 0.478 e. The first-order valence-electron chi connectivity index (χ1n) is 5.60. The van der Waals surface area contributed by atoms with Crippen LogP contribution in [0.3, 0.4) is 0 Å². The molecule has 0 bridgehead atoms. The Balaban J connectivity index is 2.55. The third-order valence-corrected chi connectivity index (χ3v) is 2.63. The molecule has 1 heterocycles. The van der Waals surface area contributed by atoms with Crippen molar-refractivity contribution in [1.82, 2.24) is 4.90 Å². The van der Waals surface area contributed by atoms with Gasteiger partial charge in [0.05, 0.1) is 11.7 Å². The van der Waals surface area contributed by atoms with Crippen molar-refractivity contribution >= 4 is 5.97 Å². The van der Waals surface area contributed by atoms with E-state index in [-0.39, 0.29) is 11.7 Å². The van der Waals surface area contributed by atoms with Crippen LogP contribution >= 0.6 is 0 Å². The van der Waals surface area contributed by atoms with E-state index in [1.807, 2.05) is 6.92 Å². The Hall–Kier alpha value is -0.870. The first-order valence-corrected chi connectivity index (χ1v) is 5.60. The van der Waals surface area contributed by atoms with Gasteiger partial charge < -0.3 is 9.84 Å². The quantitative estimate of drug-likeness (QED) is 0.743. The average Bonchev–Trinajstić information content (AvgIpc) is 2.10. The van der Waals surface area contributed by atoms with E-state index in [4.69, 9.17) is 9.84 Å². The predicted molar refractivity (Wildman–Crippen MR) is 62.5 cm³/mol. The number of ether oxygens (including phenoxy) is 1. The van der Waals surface area contributed by atoms with Gasteiger partial charge in [0.15, 0.2) is 0 Å². The van der Waals surface area contributed by atoms with E-state index in [2.05, 4.69) is 18.7 Å². The molecule has 1 N–H and O–H groups in total. The summed E-state index contributed by atoms with van der Waals surface area (Å²) < 4.78 is 5.78. The number of nitrogens with zero attached hydrogens (tertiary/aromatic N) is 1. The lowest BCUT2D eigenvalue weighted by Gasteiger charge is -2.41. The van der Waals surface area contributed by atoms with Crippen LogP contribution in [0.25, 0.3) is 0 Å². The minimum Gasteiger partial charge on any atom is -0.478 e. The lowest BCUT2D eigenvalue weighted by Crippen LogP contribution is -2.51. The van der Waals surface area contributed by atoms with Crippen molar-refractivity contribution in [2.45, 2.75) is 39.4 Å². The smallest absolute Gasteiger partial charge is 0.330 e. The number of carbonyl (C=O) groups is 1. The van der Waals surface area contributed by atoms with Crippen LogP contribution in [-0.2, 0) is 9.53 Å². The maximum atomic E-state index is 10.7. The molecule has 1 saturated heterocycles. The van der Waals surface area contributed by atoms with Crippen molar-refractivity contribution in [3.63, 3.8) is 0 Å². The number of rotatable bonds is 3. The van der Waals surface area contributed by atoms with Crippen molar-refractivity contribution in [2.75, 3.05) is 19.6 Å². The normalized spacial score (nSPS) is 26.8. The van der Waals surface area contributed by atoms with Gasteiger partial charge in [0, 0.05) is 25.2 Å². The van der Waals surface area contributed by atoms with Gasteiger partial charge in [-0.2, -0.15) is 0 Å². The molecule has 1 atom stereocenters. The molecule has 0 spiro atoms. The molecule has 0 aromatic rings. The Morgan fingerprint density at radius 3 is 2.75 bits per heavy atom. The maximum absolute atomic E-state index is 10.7. The number of hydrogen-bond acceptors (Lipinski definition) is 3. The lowest BCUT2D eigenvalue weighted by molar-refractivity contribution is -0.132. The van der Waals surface area contributed by atoms with Gasteiger partial charge in [-0.05, 0) is 27.7 Å². The predicted octanol–water partition coefficient (Wildman–Crippen LogP) is 1.52. The summed E-state index contributed by atoms with van der Waals surface area (Å²) in [5.74, 6) is -0.847. The molecule has 1 aliphatic heterocycles. The fourth-order valence-electron chi connectivity index (χ4n) is 2.08. The monoisotopic (exact) mass is 227 g/mol. The summed E-state index contributed by atoms with van der Waals surface area (Å²) in [5.41, 5.74) is 0.250. The van der Waals surface area contributed by atoms with Gasteiger partial charge in [-0.25, -0.2) is 4.79 Å².